The number of nitrogens with one attached hydrogen (secondary N) is 2. The number of methoxy groups -OCH3 is 3. The largest absolute Gasteiger partial charge is 0.496 e. The van der Waals surface area contributed by atoms with E-state index in [1.54, 1.807) is 0 Å². The first kappa shape index (κ1) is 20.3. The maximum Gasteiger partial charge on any atom is 0.342 e. The molecular weight excluding hydrogens is 356 g/mol. The summed E-state index contributed by atoms with van der Waals surface area (Å²) >= 11 is 0. The Morgan fingerprint density at radius 1 is 0.963 bits per heavy atom. The summed E-state index contributed by atoms with van der Waals surface area (Å²) in [6.45, 7) is -0.603. The van der Waals surface area contributed by atoms with Crippen molar-refractivity contribution < 1.29 is 33.3 Å². The van der Waals surface area contributed by atoms with E-state index in [0.717, 1.165) is 25.7 Å². The van der Waals surface area contributed by atoms with Crippen LogP contribution in [0.15, 0.2) is 12.1 Å². The summed E-state index contributed by atoms with van der Waals surface area (Å²) in [7, 11) is 4.27. The topological polar surface area (TPSA) is 112 Å². The lowest BCUT2D eigenvalue weighted by molar-refractivity contribution is -0.123. The van der Waals surface area contributed by atoms with E-state index in [1.165, 1.54) is 33.5 Å². The third-order valence-corrected chi connectivity index (χ3v) is 4.20. The highest BCUT2D eigenvalue weighted by Crippen LogP contribution is 2.34. The summed E-state index contributed by atoms with van der Waals surface area (Å²) < 4.78 is 20.4. The number of benzene rings is 1. The molecule has 0 radical (unpaired) electrons. The molecule has 0 aromatic heterocycles. The summed E-state index contributed by atoms with van der Waals surface area (Å²) in [5.41, 5.74) is 0.0679. The molecule has 1 aliphatic rings. The number of carbonyl (C=O) groups excluding carboxylic acids is 3. The van der Waals surface area contributed by atoms with Crippen molar-refractivity contribution in [3.63, 3.8) is 0 Å². The molecule has 1 fully saturated rings. The maximum absolute atomic E-state index is 12.3. The maximum atomic E-state index is 12.3. The van der Waals surface area contributed by atoms with Crippen LogP contribution < -0.4 is 24.8 Å². The third kappa shape index (κ3) is 5.50. The van der Waals surface area contributed by atoms with E-state index in [1.807, 2.05) is 0 Å². The van der Waals surface area contributed by atoms with Gasteiger partial charge in [-0.3, -0.25) is 10.1 Å². The molecule has 0 atom stereocenters. The molecule has 27 heavy (non-hydrogen) atoms. The Kier molecular flexibility index (Phi) is 7.27. The molecule has 0 spiro atoms. The second kappa shape index (κ2) is 9.65. The van der Waals surface area contributed by atoms with Crippen LogP contribution in [0.2, 0.25) is 0 Å². The predicted octanol–water partition coefficient (Wildman–Crippen LogP) is 1.64. The van der Waals surface area contributed by atoms with Gasteiger partial charge in [-0.25, -0.2) is 9.59 Å². The Hall–Kier alpha value is -2.97. The van der Waals surface area contributed by atoms with Gasteiger partial charge >= 0.3 is 12.0 Å². The van der Waals surface area contributed by atoms with Crippen molar-refractivity contribution in [2.24, 2.45) is 0 Å². The van der Waals surface area contributed by atoms with E-state index in [-0.39, 0.29) is 17.4 Å². The van der Waals surface area contributed by atoms with Crippen molar-refractivity contribution in [1.29, 1.82) is 0 Å². The van der Waals surface area contributed by atoms with Crippen LogP contribution in [0.4, 0.5) is 4.79 Å². The van der Waals surface area contributed by atoms with E-state index < -0.39 is 24.5 Å². The lowest BCUT2D eigenvalue weighted by Gasteiger charge is -2.14. The quantitative estimate of drug-likeness (QED) is 0.692. The molecule has 1 saturated carbocycles. The van der Waals surface area contributed by atoms with E-state index in [4.69, 9.17) is 18.9 Å². The Labute approximate surface area is 157 Å². The van der Waals surface area contributed by atoms with Crippen LogP contribution in [0.1, 0.15) is 36.0 Å². The van der Waals surface area contributed by atoms with Gasteiger partial charge in [-0.05, 0) is 12.8 Å². The molecule has 0 aliphatic heterocycles. The Balaban J connectivity index is 1.92. The second-order valence-electron chi connectivity index (χ2n) is 5.99. The molecule has 2 N–H and O–H groups in total. The highest BCUT2D eigenvalue weighted by molar-refractivity contribution is 5.98. The highest BCUT2D eigenvalue weighted by Gasteiger charge is 2.21. The Bertz CT molecular complexity index is 699. The standard InChI is InChI=1S/C18H24N2O7/c1-24-13-9-15(26-3)14(25-2)8-12(13)17(22)27-10-16(21)20-18(23)19-11-6-4-5-7-11/h8-9,11H,4-7,10H2,1-3H3,(H2,19,20,21,23). The summed E-state index contributed by atoms with van der Waals surface area (Å²) in [5, 5.41) is 4.85. The van der Waals surface area contributed by atoms with Crippen molar-refractivity contribution >= 4 is 17.9 Å². The minimum atomic E-state index is -0.792. The SMILES string of the molecule is COc1cc(OC)c(C(=O)OCC(=O)NC(=O)NC2CCCC2)cc1OC. The minimum absolute atomic E-state index is 0.0679. The molecule has 1 aromatic carbocycles. The summed E-state index contributed by atoms with van der Waals surface area (Å²) in [5.74, 6) is -0.618. The predicted molar refractivity (Wildman–Crippen MR) is 95.3 cm³/mol. The van der Waals surface area contributed by atoms with Gasteiger partial charge in [0.15, 0.2) is 18.1 Å². The summed E-state index contributed by atoms with van der Waals surface area (Å²) in [4.78, 5) is 35.8. The van der Waals surface area contributed by atoms with Crippen LogP contribution in [-0.2, 0) is 9.53 Å². The van der Waals surface area contributed by atoms with Gasteiger partial charge in [0.2, 0.25) is 0 Å². The number of carbonyl (C=O) groups is 3. The van der Waals surface area contributed by atoms with Gasteiger partial charge < -0.3 is 24.3 Å². The van der Waals surface area contributed by atoms with Crippen LogP contribution in [-0.4, -0.2) is 51.9 Å². The number of amides is 3. The molecule has 3 amide bonds. The Morgan fingerprint density at radius 2 is 1.56 bits per heavy atom. The van der Waals surface area contributed by atoms with Crippen molar-refractivity contribution in [3.05, 3.63) is 17.7 Å². The third-order valence-electron chi connectivity index (χ3n) is 4.20. The van der Waals surface area contributed by atoms with Gasteiger partial charge in [0.1, 0.15) is 11.3 Å². The molecule has 0 bridgehead atoms. The van der Waals surface area contributed by atoms with Crippen molar-refractivity contribution in [2.75, 3.05) is 27.9 Å². The molecule has 9 nitrogen and oxygen atoms in total. The molecule has 0 saturated heterocycles. The fourth-order valence-corrected chi connectivity index (χ4v) is 2.85. The van der Waals surface area contributed by atoms with Crippen molar-refractivity contribution in [1.82, 2.24) is 10.6 Å². The van der Waals surface area contributed by atoms with Crippen LogP contribution in [0.5, 0.6) is 17.2 Å². The molecule has 1 aromatic rings. The average molecular weight is 380 g/mol. The number of rotatable bonds is 7. The zero-order valence-electron chi connectivity index (χ0n) is 15.6. The number of imide groups is 1. The Morgan fingerprint density at radius 3 is 2.15 bits per heavy atom. The summed E-state index contributed by atoms with van der Waals surface area (Å²) in [6.07, 6.45) is 3.92. The number of urea groups is 1. The average Bonchev–Trinajstić information content (AvgIpc) is 3.17. The molecule has 0 unspecified atom stereocenters. The fourth-order valence-electron chi connectivity index (χ4n) is 2.85. The van der Waals surface area contributed by atoms with E-state index in [9.17, 15) is 14.4 Å². The van der Waals surface area contributed by atoms with Crippen LogP contribution in [0, 0.1) is 0 Å². The van der Waals surface area contributed by atoms with Crippen LogP contribution >= 0.6 is 0 Å². The molecular formula is C18H24N2O7. The summed E-state index contributed by atoms with van der Waals surface area (Å²) in [6, 6.07) is 2.36. The fraction of sp³-hybridized carbons (Fsp3) is 0.500. The van der Waals surface area contributed by atoms with Gasteiger partial charge in [-0.1, -0.05) is 12.8 Å². The van der Waals surface area contributed by atoms with E-state index in [0.29, 0.717) is 11.5 Å². The van der Waals surface area contributed by atoms with E-state index in [2.05, 4.69) is 10.6 Å². The molecule has 1 aliphatic carbocycles. The zero-order valence-corrected chi connectivity index (χ0v) is 15.6. The smallest absolute Gasteiger partial charge is 0.342 e. The highest BCUT2D eigenvalue weighted by atomic mass is 16.5. The molecule has 2 rings (SSSR count). The first-order valence-electron chi connectivity index (χ1n) is 8.56. The van der Waals surface area contributed by atoms with Gasteiger partial charge in [0.25, 0.3) is 5.91 Å². The van der Waals surface area contributed by atoms with Crippen LogP contribution in [0.25, 0.3) is 0 Å². The normalized spacial score (nSPS) is 13.6. The van der Waals surface area contributed by atoms with Gasteiger partial charge in [-0.15, -0.1) is 0 Å². The first-order valence-corrected chi connectivity index (χ1v) is 8.56. The lowest BCUT2D eigenvalue weighted by Crippen LogP contribution is -2.45. The number of esters is 1. The zero-order chi connectivity index (χ0) is 19.8. The number of ether oxygens (including phenoxy) is 4. The molecule has 0 heterocycles. The van der Waals surface area contributed by atoms with Crippen LogP contribution in [0.3, 0.4) is 0 Å². The molecule has 148 valence electrons. The van der Waals surface area contributed by atoms with Gasteiger partial charge in [0.05, 0.1) is 21.3 Å². The van der Waals surface area contributed by atoms with Gasteiger partial charge in [0, 0.05) is 18.2 Å². The second-order valence-corrected chi connectivity index (χ2v) is 5.99. The monoisotopic (exact) mass is 380 g/mol. The van der Waals surface area contributed by atoms with Crippen molar-refractivity contribution in [2.45, 2.75) is 31.7 Å². The van der Waals surface area contributed by atoms with Gasteiger partial charge in [-0.2, -0.15) is 0 Å². The minimum Gasteiger partial charge on any atom is -0.496 e. The number of hydrogen-bond acceptors (Lipinski definition) is 7. The molecule has 9 heteroatoms. The lowest BCUT2D eigenvalue weighted by atomic mass is 10.1. The van der Waals surface area contributed by atoms with E-state index >= 15 is 0 Å². The number of hydrogen-bond donors (Lipinski definition) is 2. The first-order chi connectivity index (χ1) is 13.0. The van der Waals surface area contributed by atoms with Crippen molar-refractivity contribution in [3.8, 4) is 17.2 Å².